The van der Waals surface area contributed by atoms with Gasteiger partial charge in [-0.05, 0) is 160 Å². The Hall–Kier alpha value is -5.22. The van der Waals surface area contributed by atoms with Gasteiger partial charge in [-0.25, -0.2) is 0 Å². The van der Waals surface area contributed by atoms with Crippen LogP contribution in [0.5, 0.6) is 0 Å². The van der Waals surface area contributed by atoms with Crippen molar-refractivity contribution in [3.63, 3.8) is 0 Å². The molecule has 1 atom stereocenters. The summed E-state index contributed by atoms with van der Waals surface area (Å²) in [7, 11) is 0. The molecule has 0 saturated heterocycles. The molecule has 0 spiro atoms. The zero-order valence-electron chi connectivity index (χ0n) is 39.9. The van der Waals surface area contributed by atoms with Crippen molar-refractivity contribution in [2.24, 2.45) is 16.7 Å². The second-order valence-corrected chi connectivity index (χ2v) is 23.6. The minimum Gasteiger partial charge on any atom is -0.468 e. The van der Waals surface area contributed by atoms with Crippen LogP contribution in [0, 0.1) is 23.7 Å². The molecule has 5 aliphatic rings. The fourth-order valence-corrected chi connectivity index (χ4v) is 12.5. The molecule has 3 nitrogen and oxygen atoms in total. The summed E-state index contributed by atoms with van der Waals surface area (Å²) >= 11 is 0. The van der Waals surface area contributed by atoms with Gasteiger partial charge in [0.25, 0.3) is 6.71 Å². The van der Waals surface area contributed by atoms with Gasteiger partial charge < -0.3 is 14.2 Å². The minimum atomic E-state index is -0.0267. The molecule has 3 heterocycles. The van der Waals surface area contributed by atoms with Crippen molar-refractivity contribution >= 4 is 57.2 Å². The number of benzene rings is 5. The highest BCUT2D eigenvalue weighted by atomic mass is 16.3. The van der Waals surface area contributed by atoms with Crippen LogP contribution in [0.2, 0.25) is 0 Å². The summed E-state index contributed by atoms with van der Waals surface area (Å²) in [6.45, 7) is 29.1. The molecule has 63 heavy (non-hydrogen) atoms. The Labute approximate surface area is 377 Å². The third-order valence-electron chi connectivity index (χ3n) is 16.5. The van der Waals surface area contributed by atoms with E-state index in [9.17, 15) is 0 Å². The lowest BCUT2D eigenvalue weighted by Crippen LogP contribution is -2.57. The number of aryl methyl sites for hydroxylation is 1. The maximum atomic E-state index is 7.37. The zero-order chi connectivity index (χ0) is 44.2. The van der Waals surface area contributed by atoms with E-state index < -0.39 is 0 Å². The van der Waals surface area contributed by atoms with E-state index in [1.165, 1.54) is 104 Å². The molecule has 1 unspecified atom stereocenters. The van der Waals surface area contributed by atoms with Gasteiger partial charge in [0.15, 0.2) is 0 Å². The number of para-hydroxylation sites is 1. The van der Waals surface area contributed by atoms with E-state index in [2.05, 4.69) is 202 Å². The fourth-order valence-electron chi connectivity index (χ4n) is 12.5. The highest BCUT2D eigenvalue weighted by molar-refractivity contribution is 6.94. The molecule has 6 aromatic rings. The van der Waals surface area contributed by atoms with Crippen molar-refractivity contribution in [2.75, 3.05) is 9.80 Å². The van der Waals surface area contributed by atoms with E-state index in [-0.39, 0.29) is 33.8 Å². The van der Waals surface area contributed by atoms with Gasteiger partial charge in [0.05, 0.1) is 17.0 Å². The predicted molar refractivity (Wildman–Crippen MR) is 269 cm³/mol. The van der Waals surface area contributed by atoms with Crippen LogP contribution in [0.4, 0.5) is 28.4 Å². The molecule has 0 N–H and O–H groups in total. The summed E-state index contributed by atoms with van der Waals surface area (Å²) in [4.78, 5) is 5.29. The fraction of sp³-hybridized carbons (Fsp3) is 0.390. The molecule has 0 bridgehead atoms. The van der Waals surface area contributed by atoms with Crippen molar-refractivity contribution < 1.29 is 4.42 Å². The lowest BCUT2D eigenvalue weighted by Gasteiger charge is -2.53. The average molecular weight is 829 g/mol. The quantitative estimate of drug-likeness (QED) is 0.166. The van der Waals surface area contributed by atoms with E-state index in [0.29, 0.717) is 5.92 Å². The normalized spacial score (nSPS) is 21.3. The SMILES string of the molecule is Cc1cc2c3c(c1)N(c1ccc(C(C)(C)C)cc1-c1ccccc1)c1c(oc4ccccc14)B3C1=C(C=C3C(C1)C(C)(C)CCC3(C)C)N2c1ccc2c(c1)C(C)(C)CCC2(C)C. The summed E-state index contributed by atoms with van der Waals surface area (Å²) in [5.41, 5.74) is 22.5. The van der Waals surface area contributed by atoms with E-state index in [1.54, 1.807) is 5.57 Å². The van der Waals surface area contributed by atoms with E-state index in [1.807, 2.05) is 0 Å². The Morgan fingerprint density at radius 1 is 0.651 bits per heavy atom. The number of anilines is 5. The van der Waals surface area contributed by atoms with Crippen LogP contribution in [0.1, 0.15) is 131 Å². The molecule has 2 aliphatic heterocycles. The van der Waals surface area contributed by atoms with Gasteiger partial charge in [0.1, 0.15) is 5.58 Å². The van der Waals surface area contributed by atoms with Gasteiger partial charge in [0, 0.05) is 33.7 Å². The molecule has 11 rings (SSSR count). The predicted octanol–water partition coefficient (Wildman–Crippen LogP) is 15.2. The van der Waals surface area contributed by atoms with Crippen molar-refractivity contribution in [2.45, 2.75) is 131 Å². The Kier molecular flexibility index (Phi) is 8.63. The largest absolute Gasteiger partial charge is 0.468 e. The van der Waals surface area contributed by atoms with E-state index in [4.69, 9.17) is 4.42 Å². The van der Waals surface area contributed by atoms with Gasteiger partial charge in [-0.1, -0.05) is 142 Å². The monoisotopic (exact) mass is 829 g/mol. The first-order valence-corrected chi connectivity index (χ1v) is 23.8. The molecule has 1 saturated carbocycles. The van der Waals surface area contributed by atoms with Gasteiger partial charge >= 0.3 is 0 Å². The molecule has 0 radical (unpaired) electrons. The maximum Gasteiger partial charge on any atom is 0.293 e. The highest BCUT2D eigenvalue weighted by Gasteiger charge is 2.53. The molecule has 3 aliphatic carbocycles. The van der Waals surface area contributed by atoms with Crippen LogP contribution in [-0.2, 0) is 16.2 Å². The average Bonchev–Trinajstić information content (AvgIpc) is 3.62. The topological polar surface area (TPSA) is 19.6 Å². The molecular formula is C59H65BN2O. The zero-order valence-corrected chi connectivity index (χ0v) is 39.9. The Morgan fingerprint density at radius 2 is 1.32 bits per heavy atom. The maximum absolute atomic E-state index is 7.37. The summed E-state index contributed by atoms with van der Waals surface area (Å²) in [5, 5.41) is 1.16. The van der Waals surface area contributed by atoms with Crippen molar-refractivity contribution in [3.8, 4) is 11.1 Å². The number of nitrogens with zero attached hydrogens (tertiary/aromatic N) is 2. The Morgan fingerprint density at radius 3 is 2.05 bits per heavy atom. The third kappa shape index (κ3) is 6.05. The van der Waals surface area contributed by atoms with Crippen LogP contribution in [0.15, 0.2) is 130 Å². The smallest absolute Gasteiger partial charge is 0.293 e. The van der Waals surface area contributed by atoms with Gasteiger partial charge in [0.2, 0.25) is 0 Å². The second-order valence-electron chi connectivity index (χ2n) is 23.6. The van der Waals surface area contributed by atoms with E-state index in [0.717, 1.165) is 23.0 Å². The minimum absolute atomic E-state index is 0.0120. The first kappa shape index (κ1) is 40.6. The number of allylic oxidation sites excluding steroid dienone is 3. The lowest BCUT2D eigenvalue weighted by molar-refractivity contribution is 0.122. The molecule has 1 aromatic heterocycles. The Balaban J connectivity index is 1.25. The molecule has 5 aromatic carbocycles. The summed E-state index contributed by atoms with van der Waals surface area (Å²) in [5.74, 6) is 0.445. The molecule has 320 valence electrons. The Bertz CT molecular complexity index is 2950. The van der Waals surface area contributed by atoms with Gasteiger partial charge in [-0.2, -0.15) is 0 Å². The van der Waals surface area contributed by atoms with Crippen molar-refractivity contribution in [3.05, 3.63) is 148 Å². The number of fused-ring (bicyclic) bond motifs is 7. The van der Waals surface area contributed by atoms with Crippen LogP contribution < -0.4 is 20.9 Å². The molecular weight excluding hydrogens is 763 g/mol. The van der Waals surface area contributed by atoms with Gasteiger partial charge in [-0.15, -0.1) is 0 Å². The lowest BCUT2D eigenvalue weighted by atomic mass is 9.32. The van der Waals surface area contributed by atoms with Crippen molar-refractivity contribution in [1.29, 1.82) is 0 Å². The van der Waals surface area contributed by atoms with Crippen LogP contribution in [0.3, 0.4) is 0 Å². The van der Waals surface area contributed by atoms with Crippen LogP contribution in [0.25, 0.3) is 22.1 Å². The molecule has 4 heteroatoms. The van der Waals surface area contributed by atoms with Gasteiger partial charge in [-0.3, -0.25) is 0 Å². The van der Waals surface area contributed by atoms with Crippen molar-refractivity contribution in [1.82, 2.24) is 0 Å². The highest BCUT2D eigenvalue weighted by Crippen LogP contribution is 2.60. The number of rotatable bonds is 3. The summed E-state index contributed by atoms with van der Waals surface area (Å²) in [6.07, 6.45) is 8.51. The summed E-state index contributed by atoms with van der Waals surface area (Å²) < 4.78 is 7.37. The van der Waals surface area contributed by atoms with Crippen LogP contribution >= 0.6 is 0 Å². The number of furan rings is 1. The van der Waals surface area contributed by atoms with E-state index >= 15 is 0 Å². The first-order valence-electron chi connectivity index (χ1n) is 23.8. The molecule has 0 amide bonds. The second kappa shape index (κ2) is 13.4. The molecule has 1 fully saturated rings. The number of hydrogen-bond donors (Lipinski definition) is 0. The summed E-state index contributed by atoms with van der Waals surface area (Å²) in [6, 6.07) is 39.5. The number of hydrogen-bond acceptors (Lipinski definition) is 3. The first-order chi connectivity index (χ1) is 29.7. The van der Waals surface area contributed by atoms with Crippen LogP contribution in [-0.4, -0.2) is 6.71 Å². The standard InChI is InChI=1S/C59H65BN2O/c1-36-30-49-52-50(31-36)62(47-25-22-38(55(2,3)4)32-41(47)37-18-14-13-15-19-37)53-40-20-16-17-21-51(40)63-54(53)60(52)46-34-44-45(59(11,12)29-28-58(44,9)10)35-48(46)61(49)39-23-24-42-43(33-39)57(7,8)27-26-56(42,5)6/h13-25,30-33,35,44H,26-29,34H2,1-12H3. The third-order valence-corrected chi connectivity index (χ3v) is 16.5.